The van der Waals surface area contributed by atoms with Gasteiger partial charge in [-0.05, 0) is 138 Å². The number of hydrogen-bond donors (Lipinski definition) is 0. The van der Waals surface area contributed by atoms with Gasteiger partial charge in [-0.1, -0.05) is 201 Å². The molecule has 376 valence electrons. The van der Waals surface area contributed by atoms with Crippen molar-refractivity contribution in [1.29, 1.82) is 0 Å². The molecule has 0 N–H and O–H groups in total. The van der Waals surface area contributed by atoms with Gasteiger partial charge in [0, 0.05) is 50.0 Å². The monoisotopic (exact) mass is 982 g/mol. The van der Waals surface area contributed by atoms with E-state index in [2.05, 4.69) is 282 Å². The Morgan fingerprint density at radius 3 is 1.68 bits per heavy atom. The first kappa shape index (κ1) is 48.7. The SMILES string of the molecule is CC(C)(C)c1ccc(N2B3c4c(cc(C(C)(C)C)cc4-n4c5ccc(N(c6ccccc6)c6ccccc6-c6ccccc6)cc5c5cc(C(C)(C)C)cc3c54)-c3c2oc2c(C(C)(C)C)cc(C(C)(C)C)cc32)cc1. The predicted octanol–water partition coefficient (Wildman–Crippen LogP) is 18.4. The molecule has 2 aliphatic heterocycles. The van der Waals surface area contributed by atoms with Gasteiger partial charge in [0.2, 0.25) is 0 Å². The molecule has 8 aromatic carbocycles. The van der Waals surface area contributed by atoms with Crippen LogP contribution in [0.25, 0.3) is 60.7 Å². The number of furan rings is 1. The molecule has 0 saturated heterocycles. The summed E-state index contributed by atoms with van der Waals surface area (Å²) >= 11 is 0. The average molecular weight is 982 g/mol. The largest absolute Gasteiger partial charge is 0.440 e. The van der Waals surface area contributed by atoms with Crippen molar-refractivity contribution in [2.75, 3.05) is 9.71 Å². The maximum atomic E-state index is 7.68. The van der Waals surface area contributed by atoms with Crippen LogP contribution in [0.2, 0.25) is 0 Å². The summed E-state index contributed by atoms with van der Waals surface area (Å²) in [5.74, 6) is 0.913. The van der Waals surface area contributed by atoms with E-state index in [9.17, 15) is 0 Å². The third kappa shape index (κ3) is 7.86. The third-order valence-corrected chi connectivity index (χ3v) is 16.3. The molecule has 0 saturated carbocycles. The first-order valence-electron chi connectivity index (χ1n) is 27.2. The zero-order valence-corrected chi connectivity index (χ0v) is 46.9. The van der Waals surface area contributed by atoms with Crippen molar-refractivity contribution in [3.05, 3.63) is 192 Å². The van der Waals surface area contributed by atoms with Crippen molar-refractivity contribution < 1.29 is 4.42 Å². The molecule has 0 bridgehead atoms. The average Bonchev–Trinajstić information content (AvgIpc) is 3.92. The quantitative estimate of drug-likeness (QED) is 0.161. The van der Waals surface area contributed by atoms with Crippen molar-refractivity contribution in [1.82, 2.24) is 4.57 Å². The van der Waals surface area contributed by atoms with Crippen molar-refractivity contribution in [3.63, 3.8) is 0 Å². The van der Waals surface area contributed by atoms with Crippen LogP contribution in [0, 0.1) is 0 Å². The van der Waals surface area contributed by atoms with E-state index in [1.54, 1.807) is 0 Å². The first-order valence-corrected chi connectivity index (χ1v) is 27.2. The number of anilines is 5. The molecule has 10 aromatic rings. The smallest absolute Gasteiger partial charge is 0.336 e. The van der Waals surface area contributed by atoms with Crippen molar-refractivity contribution >= 4 is 79.2 Å². The summed E-state index contributed by atoms with van der Waals surface area (Å²) in [5, 5.41) is 3.67. The number of para-hydroxylation sites is 2. The molecule has 0 unspecified atom stereocenters. The highest BCUT2D eigenvalue weighted by atomic mass is 16.4. The fourth-order valence-corrected chi connectivity index (χ4v) is 12.0. The lowest BCUT2D eigenvalue weighted by atomic mass is 9.43. The van der Waals surface area contributed by atoms with Crippen LogP contribution in [0.5, 0.6) is 0 Å². The van der Waals surface area contributed by atoms with E-state index in [-0.39, 0.29) is 33.9 Å². The number of nitrogens with zero attached hydrogens (tertiary/aromatic N) is 3. The van der Waals surface area contributed by atoms with Gasteiger partial charge in [-0.15, -0.1) is 0 Å². The van der Waals surface area contributed by atoms with Crippen molar-refractivity contribution in [2.24, 2.45) is 0 Å². The number of fused-ring (bicyclic) bond motifs is 9. The van der Waals surface area contributed by atoms with Gasteiger partial charge in [-0.3, -0.25) is 0 Å². The van der Waals surface area contributed by atoms with E-state index in [0.717, 1.165) is 34.2 Å². The predicted molar refractivity (Wildman–Crippen MR) is 323 cm³/mol. The van der Waals surface area contributed by atoms with E-state index in [4.69, 9.17) is 4.42 Å². The minimum absolute atomic E-state index is 0.00338. The minimum Gasteiger partial charge on any atom is -0.440 e. The van der Waals surface area contributed by atoms with Crippen LogP contribution >= 0.6 is 0 Å². The Kier molecular flexibility index (Phi) is 10.8. The normalized spacial score (nSPS) is 13.7. The van der Waals surface area contributed by atoms with Crippen molar-refractivity contribution in [3.8, 4) is 27.9 Å². The molecule has 4 heterocycles. The number of rotatable bonds is 5. The Balaban J connectivity index is 1.23. The lowest BCUT2D eigenvalue weighted by molar-refractivity contribution is 0.552. The molecule has 12 rings (SSSR count). The second-order valence-electron chi connectivity index (χ2n) is 26.8. The third-order valence-electron chi connectivity index (χ3n) is 16.3. The summed E-state index contributed by atoms with van der Waals surface area (Å²) in [4.78, 5) is 5.03. The molecule has 0 atom stereocenters. The lowest BCUT2D eigenvalue weighted by Crippen LogP contribution is -2.60. The maximum Gasteiger partial charge on any atom is 0.336 e. The second-order valence-corrected chi connectivity index (χ2v) is 26.8. The molecule has 0 amide bonds. The van der Waals surface area contributed by atoms with Crippen LogP contribution in [0.4, 0.5) is 28.6 Å². The fourth-order valence-electron chi connectivity index (χ4n) is 12.0. The van der Waals surface area contributed by atoms with E-state index < -0.39 is 0 Å². The molecule has 0 aliphatic carbocycles. The van der Waals surface area contributed by atoms with Crippen LogP contribution in [0.1, 0.15) is 132 Å². The molecular formula is C70H72BN3O. The Morgan fingerprint density at radius 2 is 1.04 bits per heavy atom. The number of aromatic nitrogens is 1. The van der Waals surface area contributed by atoms with Crippen LogP contribution in [-0.4, -0.2) is 11.4 Å². The molecule has 4 nitrogen and oxygen atoms in total. The van der Waals surface area contributed by atoms with Gasteiger partial charge in [-0.2, -0.15) is 0 Å². The van der Waals surface area contributed by atoms with Crippen LogP contribution in [0.3, 0.4) is 0 Å². The molecule has 5 heteroatoms. The summed E-state index contributed by atoms with van der Waals surface area (Å²) in [5.41, 5.74) is 22.5. The Hall–Kier alpha value is -7.24. The van der Waals surface area contributed by atoms with Gasteiger partial charge in [0.1, 0.15) is 5.58 Å². The van der Waals surface area contributed by atoms with Crippen LogP contribution in [0.15, 0.2) is 168 Å². The molecule has 2 aliphatic rings. The van der Waals surface area contributed by atoms with Gasteiger partial charge >= 0.3 is 6.85 Å². The van der Waals surface area contributed by atoms with Crippen LogP contribution < -0.4 is 20.6 Å². The number of benzene rings is 8. The summed E-state index contributed by atoms with van der Waals surface area (Å²) in [6.45, 7) is 34.9. The first-order chi connectivity index (χ1) is 35.4. The van der Waals surface area contributed by atoms with Gasteiger partial charge in [-0.25, -0.2) is 0 Å². The van der Waals surface area contributed by atoms with Gasteiger partial charge in [0.25, 0.3) is 0 Å². The molecule has 0 spiro atoms. The van der Waals surface area contributed by atoms with Gasteiger partial charge in [0.15, 0.2) is 5.88 Å². The minimum atomic E-state index is -0.197. The Morgan fingerprint density at radius 1 is 0.453 bits per heavy atom. The van der Waals surface area contributed by atoms with E-state index >= 15 is 0 Å². The Bertz CT molecular complexity index is 3900. The Labute approximate surface area is 446 Å². The zero-order chi connectivity index (χ0) is 52.9. The molecule has 75 heavy (non-hydrogen) atoms. The number of hydrogen-bond acceptors (Lipinski definition) is 3. The second kappa shape index (κ2) is 16.6. The molecular weight excluding hydrogens is 910 g/mol. The lowest BCUT2D eigenvalue weighted by Gasteiger charge is -2.41. The summed E-state index contributed by atoms with van der Waals surface area (Å²) in [6, 6.07) is 62.1. The highest BCUT2D eigenvalue weighted by Gasteiger charge is 2.48. The zero-order valence-electron chi connectivity index (χ0n) is 46.9. The van der Waals surface area contributed by atoms with E-state index in [1.807, 2.05) is 0 Å². The van der Waals surface area contributed by atoms with Gasteiger partial charge < -0.3 is 18.7 Å². The van der Waals surface area contributed by atoms with Crippen LogP contribution in [-0.2, 0) is 27.1 Å². The van der Waals surface area contributed by atoms with Gasteiger partial charge in [0.05, 0.1) is 22.3 Å². The topological polar surface area (TPSA) is 24.6 Å². The summed E-state index contributed by atoms with van der Waals surface area (Å²) in [6.07, 6.45) is 0. The molecule has 0 fully saturated rings. The summed E-state index contributed by atoms with van der Waals surface area (Å²) < 4.78 is 10.3. The van der Waals surface area contributed by atoms with E-state index in [1.165, 1.54) is 93.9 Å². The highest BCUT2D eigenvalue weighted by molar-refractivity contribution is 6.93. The van der Waals surface area contributed by atoms with Crippen molar-refractivity contribution in [2.45, 2.75) is 131 Å². The fraction of sp³-hybridized carbons (Fsp3) is 0.286. The summed E-state index contributed by atoms with van der Waals surface area (Å²) in [7, 11) is 0. The molecule has 2 aromatic heterocycles. The van der Waals surface area contributed by atoms with E-state index in [0.29, 0.717) is 0 Å². The molecule has 0 radical (unpaired) electrons. The standard InChI is InChI=1S/C70H72BN3O/c1-66(2,3)44-30-32-49(33-31-44)74-65-61(55-38-45(67(4,5)6)39-56(64(55)75-65)70(13,14)15)54-37-47(69(10,11)12)41-60-62(54)71(74)57-40-46(68(7,8)9)36-53-52-42-50(34-35-59(52)73(60)63(53)57)72(48-26-20-17-21-27-48)58-29-23-22-28-51(58)43-24-18-16-19-25-43/h16-42H,1-15H3. The highest BCUT2D eigenvalue weighted by Crippen LogP contribution is 2.53. The maximum absolute atomic E-state index is 7.68.